The standard InChI is InChI=1S/C14H25NO3/c1-3-14(2,12-16)11-15-7-5-8-17-10-13-6-4-9-18-13/h4,6,9,15-16H,3,5,7-8,10-12H2,1-2H3. The topological polar surface area (TPSA) is 54.6 Å². The van der Waals surface area contributed by atoms with Crippen LogP contribution in [0.4, 0.5) is 0 Å². The molecule has 1 atom stereocenters. The summed E-state index contributed by atoms with van der Waals surface area (Å²) in [5.74, 6) is 0.863. The number of hydrogen-bond donors (Lipinski definition) is 2. The smallest absolute Gasteiger partial charge is 0.129 e. The van der Waals surface area contributed by atoms with E-state index in [1.54, 1.807) is 6.26 Å². The lowest BCUT2D eigenvalue weighted by atomic mass is 9.89. The molecule has 1 aromatic heterocycles. The lowest BCUT2D eigenvalue weighted by molar-refractivity contribution is 0.101. The maximum atomic E-state index is 9.26. The van der Waals surface area contributed by atoms with Gasteiger partial charge in [0.2, 0.25) is 0 Å². The van der Waals surface area contributed by atoms with E-state index >= 15 is 0 Å². The number of aliphatic hydroxyl groups excluding tert-OH is 1. The Morgan fingerprint density at radius 2 is 2.33 bits per heavy atom. The molecule has 2 N–H and O–H groups in total. The first kappa shape index (κ1) is 15.2. The first-order valence-corrected chi connectivity index (χ1v) is 6.62. The third kappa shape index (κ3) is 5.67. The Morgan fingerprint density at radius 3 is 2.94 bits per heavy atom. The molecule has 0 fully saturated rings. The fourth-order valence-electron chi connectivity index (χ4n) is 1.55. The van der Waals surface area contributed by atoms with Gasteiger partial charge in [0.1, 0.15) is 12.4 Å². The molecule has 0 radical (unpaired) electrons. The van der Waals surface area contributed by atoms with Crippen molar-refractivity contribution in [3.8, 4) is 0 Å². The maximum absolute atomic E-state index is 9.26. The van der Waals surface area contributed by atoms with Gasteiger partial charge in [0.15, 0.2) is 0 Å². The summed E-state index contributed by atoms with van der Waals surface area (Å²) in [5, 5.41) is 12.6. The SMILES string of the molecule is CCC(C)(CO)CNCCCOCc1ccco1. The summed E-state index contributed by atoms with van der Waals surface area (Å²) in [6.45, 7) is 7.43. The van der Waals surface area contributed by atoms with Crippen molar-refractivity contribution >= 4 is 0 Å². The average Bonchev–Trinajstić information content (AvgIpc) is 2.90. The number of nitrogens with one attached hydrogen (secondary N) is 1. The van der Waals surface area contributed by atoms with E-state index in [4.69, 9.17) is 9.15 Å². The molecule has 0 aliphatic heterocycles. The summed E-state index contributed by atoms with van der Waals surface area (Å²) in [4.78, 5) is 0. The number of aliphatic hydroxyl groups is 1. The second kappa shape index (κ2) is 8.29. The van der Waals surface area contributed by atoms with Gasteiger partial charge >= 0.3 is 0 Å². The van der Waals surface area contributed by atoms with Crippen LogP contribution in [0.15, 0.2) is 22.8 Å². The van der Waals surface area contributed by atoms with Crippen LogP contribution in [0.1, 0.15) is 32.4 Å². The first-order valence-electron chi connectivity index (χ1n) is 6.62. The molecule has 1 unspecified atom stereocenters. The Morgan fingerprint density at radius 1 is 1.50 bits per heavy atom. The van der Waals surface area contributed by atoms with Crippen molar-refractivity contribution < 1.29 is 14.3 Å². The molecule has 0 saturated heterocycles. The van der Waals surface area contributed by atoms with E-state index in [1.165, 1.54) is 0 Å². The van der Waals surface area contributed by atoms with Crippen LogP contribution in [0.3, 0.4) is 0 Å². The van der Waals surface area contributed by atoms with Crippen LogP contribution in [0.2, 0.25) is 0 Å². The Kier molecular flexibility index (Phi) is 7.01. The molecular weight excluding hydrogens is 230 g/mol. The molecule has 1 heterocycles. The summed E-state index contributed by atoms with van der Waals surface area (Å²) >= 11 is 0. The zero-order valence-corrected chi connectivity index (χ0v) is 11.4. The Hall–Kier alpha value is -0.840. The molecular formula is C14H25NO3. The third-order valence-electron chi connectivity index (χ3n) is 3.25. The highest BCUT2D eigenvalue weighted by molar-refractivity contribution is 4.95. The molecule has 0 aliphatic rings. The molecule has 0 aromatic carbocycles. The van der Waals surface area contributed by atoms with E-state index < -0.39 is 0 Å². The lowest BCUT2D eigenvalue weighted by Crippen LogP contribution is -2.35. The summed E-state index contributed by atoms with van der Waals surface area (Å²) in [5.41, 5.74) is -0.00493. The van der Waals surface area contributed by atoms with Crippen molar-refractivity contribution in [3.63, 3.8) is 0 Å². The highest BCUT2D eigenvalue weighted by atomic mass is 16.5. The molecule has 0 bridgehead atoms. The Labute approximate surface area is 109 Å². The van der Waals surface area contributed by atoms with E-state index in [1.807, 2.05) is 12.1 Å². The van der Waals surface area contributed by atoms with Crippen molar-refractivity contribution in [2.45, 2.75) is 33.3 Å². The van der Waals surface area contributed by atoms with Gasteiger partial charge in [-0.05, 0) is 31.5 Å². The number of rotatable bonds is 10. The predicted octanol–water partition coefficient (Wildman–Crippen LogP) is 2.18. The van der Waals surface area contributed by atoms with Crippen molar-refractivity contribution in [1.29, 1.82) is 0 Å². The molecule has 0 amide bonds. The summed E-state index contributed by atoms with van der Waals surface area (Å²) in [6, 6.07) is 3.77. The van der Waals surface area contributed by atoms with Crippen LogP contribution in [-0.2, 0) is 11.3 Å². The van der Waals surface area contributed by atoms with Gasteiger partial charge in [-0.15, -0.1) is 0 Å². The van der Waals surface area contributed by atoms with E-state index in [2.05, 4.69) is 19.2 Å². The highest BCUT2D eigenvalue weighted by Crippen LogP contribution is 2.18. The minimum absolute atomic E-state index is 0.00493. The van der Waals surface area contributed by atoms with Crippen molar-refractivity contribution in [2.24, 2.45) is 5.41 Å². The lowest BCUT2D eigenvalue weighted by Gasteiger charge is -2.25. The van der Waals surface area contributed by atoms with Crippen LogP contribution >= 0.6 is 0 Å². The van der Waals surface area contributed by atoms with Crippen molar-refractivity contribution in [3.05, 3.63) is 24.2 Å². The average molecular weight is 255 g/mol. The second-order valence-corrected chi connectivity index (χ2v) is 4.98. The fourth-order valence-corrected chi connectivity index (χ4v) is 1.55. The fraction of sp³-hybridized carbons (Fsp3) is 0.714. The molecule has 4 nitrogen and oxygen atoms in total. The number of furan rings is 1. The molecule has 104 valence electrons. The van der Waals surface area contributed by atoms with Crippen LogP contribution in [-0.4, -0.2) is 31.4 Å². The minimum atomic E-state index is -0.00493. The summed E-state index contributed by atoms with van der Waals surface area (Å²) in [7, 11) is 0. The van der Waals surface area contributed by atoms with Crippen molar-refractivity contribution in [1.82, 2.24) is 5.32 Å². The highest BCUT2D eigenvalue weighted by Gasteiger charge is 2.19. The van der Waals surface area contributed by atoms with E-state index in [-0.39, 0.29) is 12.0 Å². The van der Waals surface area contributed by atoms with Crippen LogP contribution < -0.4 is 5.32 Å². The van der Waals surface area contributed by atoms with Gasteiger partial charge in [-0.1, -0.05) is 13.8 Å². The van der Waals surface area contributed by atoms with E-state index in [0.717, 1.165) is 38.3 Å². The quantitative estimate of drug-likeness (QED) is 0.629. The van der Waals surface area contributed by atoms with Gasteiger partial charge in [-0.25, -0.2) is 0 Å². The molecule has 4 heteroatoms. The van der Waals surface area contributed by atoms with E-state index in [0.29, 0.717) is 6.61 Å². The monoisotopic (exact) mass is 255 g/mol. The molecule has 0 saturated carbocycles. The first-order chi connectivity index (χ1) is 8.70. The Balaban J connectivity index is 1.95. The minimum Gasteiger partial charge on any atom is -0.467 e. The van der Waals surface area contributed by atoms with Crippen LogP contribution in [0.5, 0.6) is 0 Å². The normalized spacial score (nSPS) is 14.6. The van der Waals surface area contributed by atoms with Crippen LogP contribution in [0, 0.1) is 5.41 Å². The second-order valence-electron chi connectivity index (χ2n) is 4.98. The largest absolute Gasteiger partial charge is 0.467 e. The van der Waals surface area contributed by atoms with E-state index in [9.17, 15) is 5.11 Å². The molecule has 0 aliphatic carbocycles. The van der Waals surface area contributed by atoms with Gasteiger partial charge in [-0.3, -0.25) is 0 Å². The molecule has 0 spiro atoms. The zero-order chi connectivity index (χ0) is 13.3. The van der Waals surface area contributed by atoms with Crippen molar-refractivity contribution in [2.75, 3.05) is 26.3 Å². The maximum Gasteiger partial charge on any atom is 0.129 e. The van der Waals surface area contributed by atoms with Gasteiger partial charge in [0.05, 0.1) is 6.26 Å². The van der Waals surface area contributed by atoms with Gasteiger partial charge in [-0.2, -0.15) is 0 Å². The number of ether oxygens (including phenoxy) is 1. The van der Waals surface area contributed by atoms with Gasteiger partial charge in [0.25, 0.3) is 0 Å². The van der Waals surface area contributed by atoms with Crippen LogP contribution in [0.25, 0.3) is 0 Å². The third-order valence-corrected chi connectivity index (χ3v) is 3.25. The summed E-state index contributed by atoms with van der Waals surface area (Å²) < 4.78 is 10.6. The molecule has 1 aromatic rings. The summed E-state index contributed by atoms with van der Waals surface area (Å²) in [6.07, 6.45) is 3.60. The van der Waals surface area contributed by atoms with Gasteiger partial charge in [0, 0.05) is 25.2 Å². The molecule has 18 heavy (non-hydrogen) atoms. The van der Waals surface area contributed by atoms with Gasteiger partial charge < -0.3 is 19.6 Å². The number of hydrogen-bond acceptors (Lipinski definition) is 4. The Bertz CT molecular complexity index is 294. The predicted molar refractivity (Wildman–Crippen MR) is 71.3 cm³/mol. The molecule has 1 rings (SSSR count). The zero-order valence-electron chi connectivity index (χ0n) is 11.4.